The maximum Gasteiger partial charge on any atom is 0.0617 e. The van der Waals surface area contributed by atoms with Gasteiger partial charge < -0.3 is 5.11 Å². The van der Waals surface area contributed by atoms with E-state index in [0.29, 0.717) is 0 Å². The highest BCUT2D eigenvalue weighted by atomic mass is 32.1. The van der Waals surface area contributed by atoms with Gasteiger partial charge in [-0.05, 0) is 45.7 Å². The van der Waals surface area contributed by atoms with Crippen LogP contribution in [0.1, 0.15) is 34.7 Å². The van der Waals surface area contributed by atoms with Crippen LogP contribution in [0.3, 0.4) is 0 Å². The third kappa shape index (κ3) is 4.95. The van der Waals surface area contributed by atoms with Crippen LogP contribution in [0.4, 0.5) is 0 Å². The number of aryl methyl sites for hydroxylation is 2. The van der Waals surface area contributed by atoms with Crippen molar-refractivity contribution in [2.75, 3.05) is 6.61 Å². The average Bonchev–Trinajstić information content (AvgIpc) is 2.61. The predicted octanol–water partition coefficient (Wildman–Crippen LogP) is 5.13. The van der Waals surface area contributed by atoms with Gasteiger partial charge in [-0.2, -0.15) is 0 Å². The highest BCUT2D eigenvalue weighted by molar-refractivity contribution is 7.12. The van der Waals surface area contributed by atoms with Crippen LogP contribution in [-0.4, -0.2) is 11.7 Å². The number of aliphatic hydroxyl groups is 1. The molecule has 0 amide bonds. The van der Waals surface area contributed by atoms with Gasteiger partial charge in [-0.1, -0.05) is 47.6 Å². The molecule has 0 atom stereocenters. The number of allylic oxidation sites excluding steroid dienone is 6. The molecule has 0 aliphatic heterocycles. The summed E-state index contributed by atoms with van der Waals surface area (Å²) in [5.41, 5.74) is 5.01. The summed E-state index contributed by atoms with van der Waals surface area (Å²) in [6, 6.07) is 0. The van der Waals surface area contributed by atoms with E-state index in [9.17, 15) is 0 Å². The number of hydrogen-bond acceptors (Lipinski definition) is 2. The number of rotatable bonds is 5. The minimum absolute atomic E-state index is 0.0921. The van der Waals surface area contributed by atoms with Crippen molar-refractivity contribution in [3.8, 4) is 0 Å². The van der Waals surface area contributed by atoms with E-state index in [1.807, 2.05) is 30.4 Å². The fourth-order valence-electron chi connectivity index (χ4n) is 1.89. The Balaban J connectivity index is 2.77. The Morgan fingerprint density at radius 1 is 1.05 bits per heavy atom. The molecule has 0 aliphatic rings. The smallest absolute Gasteiger partial charge is 0.0617 e. The summed E-state index contributed by atoms with van der Waals surface area (Å²) in [6.07, 6.45) is 12.2. The molecule has 108 valence electrons. The highest BCUT2D eigenvalue weighted by Gasteiger charge is 2.05. The first-order chi connectivity index (χ1) is 9.45. The monoisotopic (exact) mass is 288 g/mol. The Morgan fingerprint density at radius 3 is 2.30 bits per heavy atom. The van der Waals surface area contributed by atoms with Crippen molar-refractivity contribution in [2.45, 2.75) is 34.6 Å². The second-order valence-electron chi connectivity index (χ2n) is 4.99. The molecule has 1 aromatic rings. The van der Waals surface area contributed by atoms with E-state index < -0.39 is 0 Å². The zero-order valence-corrected chi connectivity index (χ0v) is 13.8. The summed E-state index contributed by atoms with van der Waals surface area (Å²) >= 11 is 1.86. The van der Waals surface area contributed by atoms with E-state index in [1.54, 1.807) is 6.08 Å². The van der Waals surface area contributed by atoms with Crippen molar-refractivity contribution in [1.29, 1.82) is 0 Å². The van der Waals surface area contributed by atoms with Crippen LogP contribution in [0.2, 0.25) is 0 Å². The van der Waals surface area contributed by atoms with E-state index >= 15 is 0 Å². The minimum Gasteiger partial charge on any atom is -0.392 e. The summed E-state index contributed by atoms with van der Waals surface area (Å²) in [4.78, 5) is 2.77. The van der Waals surface area contributed by atoms with E-state index in [4.69, 9.17) is 5.11 Å². The number of thiophene rings is 1. The van der Waals surface area contributed by atoms with Gasteiger partial charge in [-0.25, -0.2) is 0 Å². The maximum atomic E-state index is 8.77. The largest absolute Gasteiger partial charge is 0.392 e. The van der Waals surface area contributed by atoms with Crippen molar-refractivity contribution in [1.82, 2.24) is 0 Å². The van der Waals surface area contributed by atoms with E-state index in [0.717, 1.165) is 5.57 Å². The Kier molecular flexibility index (Phi) is 6.69. The molecule has 0 fully saturated rings. The lowest BCUT2D eigenvalue weighted by Crippen LogP contribution is -1.78. The predicted molar refractivity (Wildman–Crippen MR) is 91.3 cm³/mol. The molecule has 0 saturated carbocycles. The minimum atomic E-state index is 0.0921. The van der Waals surface area contributed by atoms with Crippen LogP contribution >= 0.6 is 11.3 Å². The molecule has 1 rings (SSSR count). The molecule has 2 heteroatoms. The van der Waals surface area contributed by atoms with Crippen LogP contribution in [0.25, 0.3) is 6.08 Å². The Hall–Kier alpha value is -1.38. The van der Waals surface area contributed by atoms with Crippen molar-refractivity contribution in [2.24, 2.45) is 0 Å². The van der Waals surface area contributed by atoms with Gasteiger partial charge in [0.1, 0.15) is 0 Å². The Labute approximate surface area is 126 Å². The van der Waals surface area contributed by atoms with Crippen LogP contribution in [0, 0.1) is 20.8 Å². The second kappa shape index (κ2) is 8.03. The molecular formula is C18H24OS. The maximum absolute atomic E-state index is 8.77. The van der Waals surface area contributed by atoms with Gasteiger partial charge in [0.05, 0.1) is 6.61 Å². The lowest BCUT2D eigenvalue weighted by Gasteiger charge is -1.95. The summed E-state index contributed by atoms with van der Waals surface area (Å²) in [5.74, 6) is 0. The van der Waals surface area contributed by atoms with E-state index in [2.05, 4.69) is 45.9 Å². The van der Waals surface area contributed by atoms with Crippen LogP contribution in [-0.2, 0) is 0 Å². The van der Waals surface area contributed by atoms with Gasteiger partial charge in [0.15, 0.2) is 0 Å². The summed E-state index contributed by atoms with van der Waals surface area (Å²) in [7, 11) is 0. The zero-order valence-electron chi connectivity index (χ0n) is 13.0. The van der Waals surface area contributed by atoms with Crippen LogP contribution in [0.5, 0.6) is 0 Å². The molecule has 0 bridgehead atoms. The lowest BCUT2D eigenvalue weighted by atomic mass is 10.1. The molecule has 20 heavy (non-hydrogen) atoms. The first kappa shape index (κ1) is 16.7. The normalized spacial score (nSPS) is 13.9. The van der Waals surface area contributed by atoms with Gasteiger partial charge in [0.2, 0.25) is 0 Å². The van der Waals surface area contributed by atoms with Gasteiger partial charge >= 0.3 is 0 Å². The molecule has 1 heterocycles. The molecule has 1 aromatic heterocycles. The van der Waals surface area contributed by atoms with Gasteiger partial charge in [-0.15, -0.1) is 11.3 Å². The average molecular weight is 288 g/mol. The third-order valence-electron chi connectivity index (χ3n) is 3.26. The second-order valence-corrected chi connectivity index (χ2v) is 6.42. The Morgan fingerprint density at radius 2 is 1.75 bits per heavy atom. The fourth-order valence-corrected chi connectivity index (χ4v) is 2.94. The molecular weight excluding hydrogens is 264 g/mol. The summed E-state index contributed by atoms with van der Waals surface area (Å²) < 4.78 is 0. The summed E-state index contributed by atoms with van der Waals surface area (Å²) in [5, 5.41) is 8.77. The number of hydrogen-bond donors (Lipinski definition) is 1. The topological polar surface area (TPSA) is 20.2 Å². The molecule has 0 saturated heterocycles. The van der Waals surface area contributed by atoms with Crippen LogP contribution in [0.15, 0.2) is 41.5 Å². The van der Waals surface area contributed by atoms with E-state index in [-0.39, 0.29) is 6.61 Å². The van der Waals surface area contributed by atoms with Gasteiger partial charge in [-0.3, -0.25) is 0 Å². The van der Waals surface area contributed by atoms with Crippen molar-refractivity contribution in [3.63, 3.8) is 0 Å². The van der Waals surface area contributed by atoms with Crippen LogP contribution < -0.4 is 0 Å². The van der Waals surface area contributed by atoms with Crippen molar-refractivity contribution < 1.29 is 5.11 Å². The number of aliphatic hydroxyl groups excluding tert-OH is 1. The SMILES string of the molecule is CC(/C=C/c1c(C)sc(C)c1C)=C\C=C\C(C)=C\CO. The first-order valence-electron chi connectivity index (χ1n) is 6.83. The molecule has 0 aliphatic carbocycles. The van der Waals surface area contributed by atoms with Crippen molar-refractivity contribution >= 4 is 17.4 Å². The summed E-state index contributed by atoms with van der Waals surface area (Å²) in [6.45, 7) is 10.7. The van der Waals surface area contributed by atoms with E-state index in [1.165, 1.54) is 26.5 Å². The molecule has 0 spiro atoms. The first-order valence-corrected chi connectivity index (χ1v) is 7.64. The standard InChI is InChI=1S/C18H24OS/c1-13(7-6-8-14(2)11-12-19)9-10-18-15(3)16(4)20-17(18)5/h6-11,19H,12H2,1-5H3/b8-6+,10-9+,13-7+,14-11+. The zero-order chi connectivity index (χ0) is 15.1. The van der Waals surface area contributed by atoms with Gasteiger partial charge in [0.25, 0.3) is 0 Å². The third-order valence-corrected chi connectivity index (χ3v) is 4.40. The molecule has 0 radical (unpaired) electrons. The fraction of sp³-hybridized carbons (Fsp3) is 0.333. The molecule has 0 aromatic carbocycles. The quantitative estimate of drug-likeness (QED) is 0.745. The van der Waals surface area contributed by atoms with Gasteiger partial charge in [0, 0.05) is 9.75 Å². The Bertz CT molecular complexity index is 568. The molecule has 0 unspecified atom stereocenters. The lowest BCUT2D eigenvalue weighted by molar-refractivity contribution is 0.342. The van der Waals surface area contributed by atoms with Crippen molar-refractivity contribution in [3.05, 3.63) is 62.4 Å². The molecule has 1 nitrogen and oxygen atoms in total. The highest BCUT2D eigenvalue weighted by Crippen LogP contribution is 2.27. The molecule has 1 N–H and O–H groups in total.